The number of anilines is 2. The summed E-state index contributed by atoms with van der Waals surface area (Å²) >= 11 is 0. The maximum absolute atomic E-state index is 12.6. The molecule has 25 heavy (non-hydrogen) atoms. The number of carbonyl (C=O) groups excluding carboxylic acids is 2. The molecular weight excluding hydrogens is 316 g/mol. The Bertz CT molecular complexity index is 776. The fourth-order valence-electron chi connectivity index (χ4n) is 2.95. The monoisotopic (exact) mass is 338 g/mol. The maximum Gasteiger partial charge on any atom is 0.322 e. The van der Waals surface area contributed by atoms with Crippen LogP contribution in [0.4, 0.5) is 16.2 Å². The van der Waals surface area contributed by atoms with Crippen molar-refractivity contribution in [1.82, 2.24) is 9.88 Å². The molecule has 6 heteroatoms. The first kappa shape index (κ1) is 17.0. The van der Waals surface area contributed by atoms with Gasteiger partial charge in [-0.15, -0.1) is 0 Å². The lowest BCUT2D eigenvalue weighted by molar-refractivity contribution is -0.118. The zero-order chi connectivity index (χ0) is 17.8. The van der Waals surface area contributed by atoms with Crippen LogP contribution in [0.1, 0.15) is 24.6 Å². The lowest BCUT2D eigenvalue weighted by Crippen LogP contribution is -2.35. The highest BCUT2D eigenvalue weighted by Crippen LogP contribution is 2.29. The van der Waals surface area contributed by atoms with E-state index in [1.807, 2.05) is 43.3 Å². The van der Waals surface area contributed by atoms with Gasteiger partial charge in [-0.05, 0) is 49.2 Å². The number of benzene rings is 1. The Morgan fingerprint density at radius 3 is 2.84 bits per heavy atom. The summed E-state index contributed by atoms with van der Waals surface area (Å²) in [6.07, 6.45) is 2.93. The number of nitrogens with zero attached hydrogens (tertiary/aromatic N) is 3. The predicted octanol–water partition coefficient (Wildman–Crippen LogP) is 3.04. The second-order valence-electron chi connectivity index (χ2n) is 6.06. The number of rotatable bonds is 4. The third kappa shape index (κ3) is 3.79. The van der Waals surface area contributed by atoms with Crippen LogP contribution in [-0.2, 0) is 17.8 Å². The average molecular weight is 338 g/mol. The number of nitrogens with one attached hydrogen (secondary N) is 1. The third-order valence-electron chi connectivity index (χ3n) is 4.42. The Kier molecular flexibility index (Phi) is 4.97. The van der Waals surface area contributed by atoms with Crippen LogP contribution >= 0.6 is 0 Å². The minimum atomic E-state index is -0.159. The summed E-state index contributed by atoms with van der Waals surface area (Å²) in [5.74, 6) is 0.122. The van der Waals surface area contributed by atoms with Crippen molar-refractivity contribution in [3.8, 4) is 0 Å². The molecule has 130 valence electrons. The molecule has 0 aliphatic carbocycles. The molecule has 0 bridgehead atoms. The van der Waals surface area contributed by atoms with Gasteiger partial charge in [0.15, 0.2) is 0 Å². The number of hydrogen-bond donors (Lipinski definition) is 1. The van der Waals surface area contributed by atoms with Crippen LogP contribution in [0.15, 0.2) is 42.6 Å². The number of aryl methyl sites for hydroxylation is 1. The van der Waals surface area contributed by atoms with E-state index in [9.17, 15) is 9.59 Å². The highest BCUT2D eigenvalue weighted by atomic mass is 16.2. The molecule has 1 aliphatic heterocycles. The first-order valence-corrected chi connectivity index (χ1v) is 8.44. The number of fused-ring (bicyclic) bond motifs is 1. The summed E-state index contributed by atoms with van der Waals surface area (Å²) in [6, 6.07) is 11.2. The second kappa shape index (κ2) is 7.34. The van der Waals surface area contributed by atoms with Gasteiger partial charge in [0.1, 0.15) is 0 Å². The smallest absolute Gasteiger partial charge is 0.319 e. The summed E-state index contributed by atoms with van der Waals surface area (Å²) in [7, 11) is 1.78. The van der Waals surface area contributed by atoms with E-state index in [0.717, 1.165) is 22.6 Å². The molecule has 0 atom stereocenters. The molecule has 1 aromatic heterocycles. The number of amides is 3. The quantitative estimate of drug-likeness (QED) is 0.932. The molecule has 1 N–H and O–H groups in total. The molecule has 0 saturated heterocycles. The summed E-state index contributed by atoms with van der Waals surface area (Å²) < 4.78 is 0. The first-order chi connectivity index (χ1) is 12.1. The van der Waals surface area contributed by atoms with Gasteiger partial charge in [0.2, 0.25) is 5.91 Å². The minimum Gasteiger partial charge on any atom is -0.319 e. The highest BCUT2D eigenvalue weighted by molar-refractivity contribution is 5.97. The number of aromatic nitrogens is 1. The molecule has 0 saturated carbocycles. The van der Waals surface area contributed by atoms with Crippen LogP contribution in [0.2, 0.25) is 0 Å². The van der Waals surface area contributed by atoms with Crippen molar-refractivity contribution >= 4 is 23.3 Å². The number of pyridine rings is 1. The highest BCUT2D eigenvalue weighted by Gasteiger charge is 2.21. The predicted molar refractivity (Wildman–Crippen MR) is 97.5 cm³/mol. The van der Waals surface area contributed by atoms with E-state index in [-0.39, 0.29) is 11.9 Å². The van der Waals surface area contributed by atoms with Crippen molar-refractivity contribution in [3.05, 3.63) is 53.9 Å². The molecule has 2 heterocycles. The maximum atomic E-state index is 12.6. The summed E-state index contributed by atoms with van der Waals surface area (Å²) in [5, 5.41) is 2.95. The van der Waals surface area contributed by atoms with Crippen LogP contribution in [0.25, 0.3) is 0 Å². The molecule has 0 radical (unpaired) electrons. The first-order valence-electron chi connectivity index (χ1n) is 8.44. The fraction of sp³-hybridized carbons (Fsp3) is 0.316. The van der Waals surface area contributed by atoms with Crippen LogP contribution < -0.4 is 10.2 Å². The largest absolute Gasteiger partial charge is 0.322 e. The second-order valence-corrected chi connectivity index (χ2v) is 6.06. The van der Waals surface area contributed by atoms with Crippen LogP contribution in [0, 0.1) is 0 Å². The summed E-state index contributed by atoms with van der Waals surface area (Å²) in [5.41, 5.74) is 3.58. The van der Waals surface area contributed by atoms with Crippen molar-refractivity contribution in [2.75, 3.05) is 23.8 Å². The van der Waals surface area contributed by atoms with E-state index >= 15 is 0 Å². The Labute approximate surface area is 147 Å². The van der Waals surface area contributed by atoms with E-state index in [2.05, 4.69) is 10.3 Å². The van der Waals surface area contributed by atoms with Crippen molar-refractivity contribution in [1.29, 1.82) is 0 Å². The Morgan fingerprint density at radius 2 is 2.12 bits per heavy atom. The molecule has 0 fully saturated rings. The van der Waals surface area contributed by atoms with Gasteiger partial charge >= 0.3 is 6.03 Å². The molecule has 1 aliphatic rings. The normalized spacial score (nSPS) is 13.4. The van der Waals surface area contributed by atoms with E-state index in [0.29, 0.717) is 25.9 Å². The lowest BCUT2D eigenvalue weighted by Gasteiger charge is -2.26. The van der Waals surface area contributed by atoms with E-state index < -0.39 is 0 Å². The van der Waals surface area contributed by atoms with Gasteiger partial charge in [-0.1, -0.05) is 6.07 Å². The van der Waals surface area contributed by atoms with Gasteiger partial charge in [-0.25, -0.2) is 4.79 Å². The number of hydrogen-bond acceptors (Lipinski definition) is 3. The zero-order valence-electron chi connectivity index (χ0n) is 14.5. The molecule has 0 spiro atoms. The van der Waals surface area contributed by atoms with Gasteiger partial charge in [-0.2, -0.15) is 0 Å². The van der Waals surface area contributed by atoms with Crippen molar-refractivity contribution in [2.45, 2.75) is 26.3 Å². The number of carbonyl (C=O) groups is 2. The van der Waals surface area contributed by atoms with Gasteiger partial charge in [0.05, 0.1) is 12.2 Å². The van der Waals surface area contributed by atoms with Gasteiger partial charge in [0, 0.05) is 37.6 Å². The Morgan fingerprint density at radius 1 is 1.28 bits per heavy atom. The fourth-order valence-corrected chi connectivity index (χ4v) is 2.95. The SMILES string of the molecule is CCN(Cc1ccccn1)C(=O)Nc1ccc2c(c1)CCC(=O)N2C. The lowest BCUT2D eigenvalue weighted by atomic mass is 10.0. The van der Waals surface area contributed by atoms with Crippen molar-refractivity contribution in [2.24, 2.45) is 0 Å². The Balaban J connectivity index is 1.71. The van der Waals surface area contributed by atoms with E-state index in [1.54, 1.807) is 23.0 Å². The topological polar surface area (TPSA) is 65.5 Å². The average Bonchev–Trinajstić information content (AvgIpc) is 2.63. The summed E-state index contributed by atoms with van der Waals surface area (Å²) in [6.45, 7) is 2.99. The molecule has 2 aromatic rings. The zero-order valence-corrected chi connectivity index (χ0v) is 14.5. The Hall–Kier alpha value is -2.89. The van der Waals surface area contributed by atoms with E-state index in [1.165, 1.54) is 0 Å². The molecule has 3 amide bonds. The van der Waals surface area contributed by atoms with Gasteiger partial charge in [0.25, 0.3) is 0 Å². The molecular formula is C19H22N4O2. The van der Waals surface area contributed by atoms with Crippen LogP contribution in [0.3, 0.4) is 0 Å². The standard InChI is InChI=1S/C19H22N4O2/c1-3-23(13-16-6-4-5-11-20-16)19(25)21-15-8-9-17-14(12-15)7-10-18(24)22(17)2/h4-6,8-9,11-12H,3,7,10,13H2,1-2H3,(H,21,25). The van der Waals surface area contributed by atoms with Crippen LogP contribution in [-0.4, -0.2) is 35.4 Å². The summed E-state index contributed by atoms with van der Waals surface area (Å²) in [4.78, 5) is 32.0. The van der Waals surface area contributed by atoms with Crippen LogP contribution in [0.5, 0.6) is 0 Å². The molecule has 1 aromatic carbocycles. The van der Waals surface area contributed by atoms with Gasteiger partial charge < -0.3 is 15.1 Å². The molecule has 0 unspecified atom stereocenters. The number of urea groups is 1. The van der Waals surface area contributed by atoms with Crippen molar-refractivity contribution in [3.63, 3.8) is 0 Å². The molecule has 6 nitrogen and oxygen atoms in total. The van der Waals surface area contributed by atoms with Crippen molar-refractivity contribution < 1.29 is 9.59 Å². The molecule has 3 rings (SSSR count). The third-order valence-corrected chi connectivity index (χ3v) is 4.42. The minimum absolute atomic E-state index is 0.122. The van der Waals surface area contributed by atoms with E-state index in [4.69, 9.17) is 0 Å². The van der Waals surface area contributed by atoms with Gasteiger partial charge in [-0.3, -0.25) is 9.78 Å².